The van der Waals surface area contributed by atoms with Crippen molar-refractivity contribution in [3.8, 4) is 0 Å². The van der Waals surface area contributed by atoms with Crippen molar-refractivity contribution >= 4 is 17.7 Å². The van der Waals surface area contributed by atoms with E-state index in [2.05, 4.69) is 5.32 Å². The first-order chi connectivity index (χ1) is 37.1. The molecule has 0 aromatic rings. The molecule has 80 heavy (non-hydrogen) atoms. The Morgan fingerprint density at radius 2 is 1.59 bits per heavy atom. The van der Waals surface area contributed by atoms with E-state index in [0.29, 0.717) is 50.8 Å². The molecule has 0 aromatic carbocycles. The molecule has 3 saturated carbocycles. The molecule has 0 bridgehead atoms. The normalized spacial score (nSPS) is 49.9. The van der Waals surface area contributed by atoms with Gasteiger partial charge in [0.05, 0.1) is 47.6 Å². The second kappa shape index (κ2) is 24.5. The molecule has 4 aliphatic carbocycles. The van der Waals surface area contributed by atoms with E-state index in [1.54, 1.807) is 61.5 Å². The van der Waals surface area contributed by atoms with Crippen molar-refractivity contribution in [2.45, 2.75) is 250 Å². The fourth-order valence-electron chi connectivity index (χ4n) is 16.6. The van der Waals surface area contributed by atoms with Crippen LogP contribution in [0.4, 0.5) is 4.39 Å². The molecule has 18 nitrogen and oxygen atoms in total. The van der Waals surface area contributed by atoms with Gasteiger partial charge in [-0.3, -0.25) is 19.3 Å². The molecule has 5 unspecified atom stereocenters. The molecule has 7 N–H and O–H groups in total. The largest absolute Gasteiger partial charge is 0.459 e. The van der Waals surface area contributed by atoms with Crippen LogP contribution >= 0.6 is 0 Å². The van der Waals surface area contributed by atoms with Crippen molar-refractivity contribution < 1.29 is 77.8 Å². The Hall–Kier alpha value is -2.50. The highest BCUT2D eigenvalue weighted by atomic mass is 19.1. The molecule has 0 radical (unpaired) electrons. The number of carbonyl (C=O) groups is 3. The maximum absolute atomic E-state index is 17.9. The Balaban J connectivity index is 1.15. The highest BCUT2D eigenvalue weighted by Gasteiger charge is 2.72. The minimum absolute atomic E-state index is 0.0779. The number of esters is 1. The molecule has 6 fully saturated rings. The number of alkyl halides is 1. The lowest BCUT2D eigenvalue weighted by Gasteiger charge is -2.61. The van der Waals surface area contributed by atoms with Crippen LogP contribution in [0.15, 0.2) is 23.8 Å². The van der Waals surface area contributed by atoms with Gasteiger partial charge < -0.3 is 69.3 Å². The summed E-state index contributed by atoms with van der Waals surface area (Å²) >= 11 is 0. The zero-order valence-electron chi connectivity index (χ0n) is 50.9. The first-order valence-electron chi connectivity index (χ1n) is 30.0. The van der Waals surface area contributed by atoms with Crippen molar-refractivity contribution in [2.24, 2.45) is 52.3 Å². The molecule has 3 saturated heterocycles. The molecule has 3 aliphatic heterocycles. The number of rotatable bonds is 12. The number of allylic oxidation sites excluding steroid dienone is 4. The first-order valence-corrected chi connectivity index (χ1v) is 30.0. The zero-order valence-corrected chi connectivity index (χ0v) is 50.9. The monoisotopic (exact) mass is 1140 g/mol. The summed E-state index contributed by atoms with van der Waals surface area (Å²) < 4.78 is 56.2. The number of fused-ring (bicyclic) bond motifs is 5. The zero-order chi connectivity index (χ0) is 59.6. The van der Waals surface area contributed by atoms with E-state index in [1.807, 2.05) is 51.6 Å². The second-order valence-electron chi connectivity index (χ2n) is 27.4. The molecular weight excluding hydrogens is 1030 g/mol. The number of halogens is 1. The number of ketones is 1. The molecule has 3 heterocycles. The van der Waals surface area contributed by atoms with Crippen molar-refractivity contribution in [3.63, 3.8) is 0 Å². The Morgan fingerprint density at radius 3 is 2.23 bits per heavy atom. The number of aliphatic hydroxyl groups excluding tert-OH is 4. The van der Waals surface area contributed by atoms with Gasteiger partial charge in [-0.05, 0) is 156 Å². The number of nitrogens with one attached hydrogen (secondary N) is 1. The van der Waals surface area contributed by atoms with Crippen molar-refractivity contribution in [3.05, 3.63) is 23.8 Å². The van der Waals surface area contributed by atoms with Crippen LogP contribution < -0.4 is 5.32 Å². The predicted molar refractivity (Wildman–Crippen MR) is 297 cm³/mol. The van der Waals surface area contributed by atoms with Crippen LogP contribution in [-0.4, -0.2) is 201 Å². The molecule has 458 valence electrons. The summed E-state index contributed by atoms with van der Waals surface area (Å²) in [7, 11) is 5.23. The Kier molecular flexibility index (Phi) is 19.9. The SMILES string of the molecule is CC[C@H]1OC(=O)[C@H](C)C(O[C@@H]2C[C@](C)(OC)[C@H](O)C(C)O2)[C@H](C)C(O[C@@H]2O[C@H](C)C[C@@H](N(C)C)[C@H]2O)[C@](C)(O)C[C@@H](C)CN(CCCNC(=O)[C@H]2[C@H](C)CC3C4CCC5=CC(=O)C=C[C@]5(C)[C@@]4(F)[C@@H](O)C[C@@]32C)[C@H](C)[C@@H](O)[C@]1(C)O. The molecular formula is C61H102FN3O15. The van der Waals surface area contributed by atoms with Crippen LogP contribution in [0.25, 0.3) is 0 Å². The lowest BCUT2D eigenvalue weighted by atomic mass is 9.45. The van der Waals surface area contributed by atoms with Crippen molar-refractivity contribution in [2.75, 3.05) is 40.8 Å². The van der Waals surface area contributed by atoms with E-state index in [0.717, 1.165) is 0 Å². The average Bonchev–Trinajstić information content (AvgIpc) is 3.64. The molecule has 19 heteroatoms. The summed E-state index contributed by atoms with van der Waals surface area (Å²) in [5, 5.41) is 75.9. The summed E-state index contributed by atoms with van der Waals surface area (Å²) in [6.45, 7) is 24.1. The smallest absolute Gasteiger partial charge is 0.311 e. The number of likely N-dealkylation sites (N-methyl/N-ethyl adjacent to an activating group) is 1. The van der Waals surface area contributed by atoms with Crippen molar-refractivity contribution in [1.82, 2.24) is 15.1 Å². The van der Waals surface area contributed by atoms with Gasteiger partial charge in [0.25, 0.3) is 0 Å². The van der Waals surface area contributed by atoms with Crippen LogP contribution in [-0.2, 0) is 42.8 Å². The molecule has 7 aliphatic rings. The van der Waals surface area contributed by atoms with Gasteiger partial charge in [0.15, 0.2) is 24.0 Å². The number of methoxy groups -OCH3 is 1. The highest BCUT2D eigenvalue weighted by molar-refractivity contribution is 6.01. The van der Waals surface area contributed by atoms with E-state index in [9.17, 15) is 45.0 Å². The first kappa shape index (κ1) is 65.1. The van der Waals surface area contributed by atoms with E-state index in [1.165, 1.54) is 26.2 Å². The molecule has 26 atom stereocenters. The molecule has 7 rings (SSSR count). The predicted octanol–water partition coefficient (Wildman–Crippen LogP) is 5.01. The van der Waals surface area contributed by atoms with Crippen LogP contribution in [0.3, 0.4) is 0 Å². The number of aliphatic hydroxyl groups is 6. The minimum atomic E-state index is -2.00. The van der Waals surface area contributed by atoms with Crippen LogP contribution in [0.1, 0.15) is 148 Å². The second-order valence-corrected chi connectivity index (χ2v) is 27.4. The number of hydrogen-bond acceptors (Lipinski definition) is 17. The third-order valence-corrected chi connectivity index (χ3v) is 21.2. The highest BCUT2D eigenvalue weighted by Crippen LogP contribution is 2.69. The van der Waals surface area contributed by atoms with Crippen LogP contribution in [0, 0.1) is 52.3 Å². The number of amides is 1. The van der Waals surface area contributed by atoms with Gasteiger partial charge in [-0.2, -0.15) is 0 Å². The van der Waals surface area contributed by atoms with E-state index < -0.39 is 130 Å². The van der Waals surface area contributed by atoms with E-state index >= 15 is 4.39 Å². The Morgan fingerprint density at radius 1 is 0.912 bits per heavy atom. The molecule has 0 spiro atoms. The Bertz CT molecular complexity index is 2250. The number of ether oxygens (including phenoxy) is 6. The standard InChI is InChI=1S/C61H102FN3O15/c1-17-45-60(13,74)50(69)37(7)65(24-18-23-63-53(71)47-33(3)25-42-41-20-19-39-27-40(66)21-22-57(39,10)61(41,62)44(67)29-56(42,47)9)31-32(2)28-58(11,73)52(80-55-48(68)43(64(14)15)26-34(4)76-55)35(5)49(36(6)54(72)78-45)79-46-30-59(12,75-16)51(70)38(8)77-46/h21-22,27,32-38,41-52,55,67-70,73-74H,17-20,23-26,28-31H2,1-16H3,(H,63,71)/t32-,33-,34-,35+,36-,37-,38?,41?,42?,43-,44+,45-,46-,47-,48-,49?,50-,51-,52?,55+,56+,57+,58-,59+,60-,61+/m1/s1. The summed E-state index contributed by atoms with van der Waals surface area (Å²) in [5.41, 5.74) is -7.87. The third kappa shape index (κ3) is 12.0. The summed E-state index contributed by atoms with van der Waals surface area (Å²) in [6, 6.07) is -1.10. The fraction of sp³-hybridized carbons (Fsp3) is 0.885. The summed E-state index contributed by atoms with van der Waals surface area (Å²) in [5.74, 6) is -4.64. The number of hydrogen-bond donors (Lipinski definition) is 7. The van der Waals surface area contributed by atoms with Gasteiger partial charge in [-0.25, -0.2) is 4.39 Å². The minimum Gasteiger partial charge on any atom is -0.459 e. The van der Waals surface area contributed by atoms with Crippen LogP contribution in [0.2, 0.25) is 0 Å². The number of nitrogens with zero attached hydrogens (tertiary/aromatic N) is 2. The van der Waals surface area contributed by atoms with Gasteiger partial charge >= 0.3 is 5.97 Å². The van der Waals surface area contributed by atoms with E-state index in [-0.39, 0.29) is 73.8 Å². The quantitative estimate of drug-likeness (QED) is 0.100. The van der Waals surface area contributed by atoms with Gasteiger partial charge in [0.2, 0.25) is 5.91 Å². The van der Waals surface area contributed by atoms with Gasteiger partial charge in [-0.15, -0.1) is 0 Å². The van der Waals surface area contributed by atoms with Gasteiger partial charge in [-0.1, -0.05) is 46.3 Å². The average molecular weight is 1140 g/mol. The Labute approximate surface area is 475 Å². The topological polar surface area (TPSA) is 246 Å². The van der Waals surface area contributed by atoms with Gasteiger partial charge in [0.1, 0.15) is 30.0 Å². The maximum atomic E-state index is 17.9. The summed E-state index contributed by atoms with van der Waals surface area (Å²) in [4.78, 5) is 45.6. The number of cyclic esters (lactones) is 1. The molecule has 1 amide bonds. The third-order valence-electron chi connectivity index (χ3n) is 21.2. The number of carbonyl (C=O) groups excluding carboxylic acids is 3. The van der Waals surface area contributed by atoms with E-state index in [4.69, 9.17) is 28.4 Å². The summed E-state index contributed by atoms with van der Waals surface area (Å²) in [6.07, 6.45) is -4.10. The molecule has 0 aromatic heterocycles. The lowest BCUT2D eigenvalue weighted by molar-refractivity contribution is -0.318. The van der Waals surface area contributed by atoms with Crippen LogP contribution in [0.5, 0.6) is 0 Å². The maximum Gasteiger partial charge on any atom is 0.311 e. The lowest BCUT2D eigenvalue weighted by Crippen LogP contribution is -2.67. The van der Waals surface area contributed by atoms with Crippen molar-refractivity contribution in [1.29, 1.82) is 0 Å². The van der Waals surface area contributed by atoms with Gasteiger partial charge in [0, 0.05) is 68.4 Å². The fourth-order valence-corrected chi connectivity index (χ4v) is 16.6.